The van der Waals surface area contributed by atoms with Gasteiger partial charge in [-0.3, -0.25) is 4.79 Å². The number of carbonyl (C=O) groups excluding carboxylic acids is 1. The monoisotopic (exact) mass is 626 g/mol. The van der Waals surface area contributed by atoms with E-state index in [-0.39, 0.29) is 12.0 Å². The van der Waals surface area contributed by atoms with Crippen molar-refractivity contribution in [1.29, 1.82) is 0 Å². The Balaban J connectivity index is 1.03. The van der Waals surface area contributed by atoms with E-state index >= 15 is 0 Å². The van der Waals surface area contributed by atoms with Crippen LogP contribution < -0.4 is 5.32 Å². The van der Waals surface area contributed by atoms with E-state index in [0.717, 1.165) is 61.8 Å². The van der Waals surface area contributed by atoms with Gasteiger partial charge in [-0.25, -0.2) is 0 Å². The Hall–Kier alpha value is -0.830. The molecule has 4 aliphatic carbocycles. The molecule has 3 heteroatoms. The Bertz CT molecular complexity index is 884. The molecule has 0 aliphatic heterocycles. The molecule has 1 amide bonds. The highest BCUT2D eigenvalue weighted by molar-refractivity contribution is 5.75. The second-order valence-electron chi connectivity index (χ2n) is 17.1. The summed E-state index contributed by atoms with van der Waals surface area (Å²) in [7, 11) is 0. The van der Waals surface area contributed by atoms with Crippen molar-refractivity contribution in [2.75, 3.05) is 6.54 Å². The van der Waals surface area contributed by atoms with Gasteiger partial charge in [0.15, 0.2) is 0 Å². The summed E-state index contributed by atoms with van der Waals surface area (Å²) in [5.41, 5.74) is 0.938. The maximum absolute atomic E-state index is 12.7. The third-order valence-electron chi connectivity index (χ3n) is 14.2. The third-order valence-corrected chi connectivity index (χ3v) is 14.2. The molecule has 0 heterocycles. The van der Waals surface area contributed by atoms with E-state index in [1.54, 1.807) is 0 Å². The standard InChI is InChI=1S/C42H75NO2/c1-5-6-7-8-9-10-11-12-13-14-15-16-17-18-19-20-31-43-40(45)26-21-33(2)37-24-25-38-36-23-22-34-32-35(44)27-29-41(34,3)39(36)28-30-42(37,38)4/h12-13,33-39,44H,5-11,14-32H2,1-4H3,(H,43,45)/b13-12-/t33-,34-,35-,36+,37-,38+,39+,41+,42-/m1/s1. The van der Waals surface area contributed by atoms with E-state index in [1.807, 2.05) is 0 Å². The molecule has 45 heavy (non-hydrogen) atoms. The Kier molecular flexibility index (Phi) is 15.3. The molecule has 0 aromatic heterocycles. The maximum Gasteiger partial charge on any atom is 0.220 e. The van der Waals surface area contributed by atoms with E-state index in [4.69, 9.17) is 0 Å². The molecule has 0 unspecified atom stereocenters. The number of nitrogens with one attached hydrogen (secondary N) is 1. The SMILES string of the molecule is CCCCCCCC/C=C\CCCCCCCCNC(=O)CC[C@@H](C)[C@H]1CC[C@H]2[C@@H]3CC[C@@H]4C[C@H](O)CC[C@]4(C)[C@H]3CC[C@]12C. The third kappa shape index (κ3) is 10.1. The molecule has 4 saturated carbocycles. The highest BCUT2D eigenvalue weighted by Gasteiger charge is 2.60. The summed E-state index contributed by atoms with van der Waals surface area (Å²) in [6.07, 6.45) is 36.7. The first kappa shape index (κ1) is 37.0. The molecule has 9 atom stereocenters. The largest absolute Gasteiger partial charge is 0.393 e. The summed E-state index contributed by atoms with van der Waals surface area (Å²) >= 11 is 0. The van der Waals surface area contributed by atoms with Crippen LogP contribution in [0.5, 0.6) is 0 Å². The number of carbonyl (C=O) groups is 1. The number of fused-ring (bicyclic) bond motifs is 5. The van der Waals surface area contributed by atoms with Gasteiger partial charge >= 0.3 is 0 Å². The molecule has 4 rings (SSSR count). The Morgan fingerprint density at radius 2 is 1.40 bits per heavy atom. The fraction of sp³-hybridized carbons (Fsp3) is 0.929. The lowest BCUT2D eigenvalue weighted by atomic mass is 9.44. The summed E-state index contributed by atoms with van der Waals surface area (Å²) in [5.74, 6) is 5.12. The lowest BCUT2D eigenvalue weighted by Gasteiger charge is -2.61. The van der Waals surface area contributed by atoms with E-state index in [1.165, 1.54) is 128 Å². The predicted molar refractivity (Wildman–Crippen MR) is 192 cm³/mol. The van der Waals surface area contributed by atoms with Crippen LogP contribution in [0.2, 0.25) is 0 Å². The molecule has 0 aromatic rings. The second kappa shape index (κ2) is 18.6. The molecule has 260 valence electrons. The molecule has 0 bridgehead atoms. The molecular weight excluding hydrogens is 550 g/mol. The van der Waals surface area contributed by atoms with Crippen LogP contribution >= 0.6 is 0 Å². The molecular formula is C42H75NO2. The van der Waals surface area contributed by atoms with Crippen molar-refractivity contribution in [2.24, 2.45) is 46.3 Å². The first-order valence-electron chi connectivity index (χ1n) is 20.4. The highest BCUT2D eigenvalue weighted by atomic mass is 16.3. The number of rotatable bonds is 20. The Morgan fingerprint density at radius 3 is 2.11 bits per heavy atom. The van der Waals surface area contributed by atoms with Gasteiger partial charge < -0.3 is 10.4 Å². The molecule has 4 aliphatic rings. The second-order valence-corrected chi connectivity index (χ2v) is 17.1. The average Bonchev–Trinajstić information content (AvgIpc) is 3.39. The van der Waals surface area contributed by atoms with Crippen LogP contribution in [0.25, 0.3) is 0 Å². The quantitative estimate of drug-likeness (QED) is 0.104. The number of aliphatic hydroxyl groups is 1. The van der Waals surface area contributed by atoms with Crippen LogP contribution in [-0.2, 0) is 4.79 Å². The maximum atomic E-state index is 12.7. The summed E-state index contributed by atoms with van der Waals surface area (Å²) in [6, 6.07) is 0. The van der Waals surface area contributed by atoms with Gasteiger partial charge in [-0.2, -0.15) is 0 Å². The molecule has 4 fully saturated rings. The molecule has 3 nitrogen and oxygen atoms in total. The number of aliphatic hydroxyl groups excluding tert-OH is 1. The van der Waals surface area contributed by atoms with Crippen molar-refractivity contribution in [3.63, 3.8) is 0 Å². The van der Waals surface area contributed by atoms with Gasteiger partial charge in [0.1, 0.15) is 0 Å². The van der Waals surface area contributed by atoms with Gasteiger partial charge in [0, 0.05) is 13.0 Å². The normalized spacial score (nSPS) is 35.1. The number of hydrogen-bond acceptors (Lipinski definition) is 2. The molecule has 0 aromatic carbocycles. The number of hydrogen-bond donors (Lipinski definition) is 2. The van der Waals surface area contributed by atoms with Gasteiger partial charge in [0.05, 0.1) is 6.10 Å². The zero-order valence-electron chi connectivity index (χ0n) is 30.4. The predicted octanol–water partition coefficient (Wildman–Crippen LogP) is 11.6. The van der Waals surface area contributed by atoms with Crippen molar-refractivity contribution in [1.82, 2.24) is 5.32 Å². The van der Waals surface area contributed by atoms with Crippen LogP contribution in [-0.4, -0.2) is 23.7 Å². The zero-order chi connectivity index (χ0) is 32.1. The Morgan fingerprint density at radius 1 is 0.778 bits per heavy atom. The molecule has 0 saturated heterocycles. The lowest BCUT2D eigenvalue weighted by molar-refractivity contribution is -0.129. The van der Waals surface area contributed by atoms with Gasteiger partial charge in [-0.05, 0) is 143 Å². The summed E-state index contributed by atoms with van der Waals surface area (Å²) in [4.78, 5) is 12.7. The zero-order valence-corrected chi connectivity index (χ0v) is 30.4. The highest BCUT2D eigenvalue weighted by Crippen LogP contribution is 2.68. The van der Waals surface area contributed by atoms with Crippen molar-refractivity contribution < 1.29 is 9.90 Å². The minimum atomic E-state index is -0.0469. The van der Waals surface area contributed by atoms with E-state index in [9.17, 15) is 9.90 Å². The van der Waals surface area contributed by atoms with E-state index < -0.39 is 0 Å². The van der Waals surface area contributed by atoms with Crippen LogP contribution in [0, 0.1) is 46.3 Å². The summed E-state index contributed by atoms with van der Waals surface area (Å²) < 4.78 is 0. The fourth-order valence-corrected chi connectivity index (χ4v) is 11.5. The van der Waals surface area contributed by atoms with E-state index in [2.05, 4.69) is 45.2 Å². The van der Waals surface area contributed by atoms with Crippen LogP contribution in [0.4, 0.5) is 0 Å². The van der Waals surface area contributed by atoms with Crippen molar-refractivity contribution in [3.05, 3.63) is 12.2 Å². The van der Waals surface area contributed by atoms with Crippen molar-refractivity contribution >= 4 is 5.91 Å². The minimum Gasteiger partial charge on any atom is -0.393 e. The first-order valence-corrected chi connectivity index (χ1v) is 20.4. The molecule has 2 N–H and O–H groups in total. The average molecular weight is 626 g/mol. The topological polar surface area (TPSA) is 49.3 Å². The van der Waals surface area contributed by atoms with Gasteiger partial charge in [-0.15, -0.1) is 0 Å². The fourth-order valence-electron chi connectivity index (χ4n) is 11.5. The van der Waals surface area contributed by atoms with Crippen molar-refractivity contribution in [3.8, 4) is 0 Å². The number of amides is 1. The van der Waals surface area contributed by atoms with Crippen molar-refractivity contribution in [2.45, 2.75) is 194 Å². The van der Waals surface area contributed by atoms with E-state index in [0.29, 0.717) is 23.2 Å². The smallest absolute Gasteiger partial charge is 0.220 e. The lowest BCUT2D eigenvalue weighted by Crippen LogP contribution is -2.54. The number of allylic oxidation sites excluding steroid dienone is 2. The summed E-state index contributed by atoms with van der Waals surface area (Å²) in [5, 5.41) is 13.6. The van der Waals surface area contributed by atoms with Crippen LogP contribution in [0.3, 0.4) is 0 Å². The van der Waals surface area contributed by atoms with Gasteiger partial charge in [0.25, 0.3) is 0 Å². The Labute approximate surface area is 279 Å². The summed E-state index contributed by atoms with van der Waals surface area (Å²) in [6.45, 7) is 10.9. The first-order chi connectivity index (χ1) is 21.8. The van der Waals surface area contributed by atoms with Crippen LogP contribution in [0.1, 0.15) is 188 Å². The van der Waals surface area contributed by atoms with Gasteiger partial charge in [-0.1, -0.05) is 97.6 Å². The van der Waals surface area contributed by atoms with Gasteiger partial charge in [0.2, 0.25) is 5.91 Å². The number of unbranched alkanes of at least 4 members (excludes halogenated alkanes) is 12. The molecule has 0 radical (unpaired) electrons. The minimum absolute atomic E-state index is 0.0469. The molecule has 0 spiro atoms. The van der Waals surface area contributed by atoms with Crippen LogP contribution in [0.15, 0.2) is 12.2 Å².